The summed E-state index contributed by atoms with van der Waals surface area (Å²) in [4.78, 5) is 30.0. The minimum Gasteiger partial charge on any atom is -0.497 e. The largest absolute Gasteiger partial charge is 0.497 e. The standard InChI is InChI=1S/C22H27N3O3S/c1-15(26)25-12-17-11-24(14-21(27)23-10-19-4-3-9-29-19)13-20(17)22(25)16-5-7-18(28-2)8-6-16/h3-9,17,20,22H,10-14H2,1-2H3,(H,23,27)/t17-,20-,22+/m1/s1. The third-order valence-corrected chi connectivity index (χ3v) is 6.89. The molecule has 2 aromatic rings. The third kappa shape index (κ3) is 4.31. The molecule has 4 rings (SSSR count). The summed E-state index contributed by atoms with van der Waals surface area (Å²) < 4.78 is 5.27. The van der Waals surface area contributed by atoms with Crippen molar-refractivity contribution in [2.24, 2.45) is 11.8 Å². The predicted octanol–water partition coefficient (Wildman–Crippen LogP) is 2.52. The lowest BCUT2D eigenvalue weighted by Crippen LogP contribution is -2.39. The molecule has 3 heterocycles. The van der Waals surface area contributed by atoms with Crippen molar-refractivity contribution in [2.75, 3.05) is 33.3 Å². The van der Waals surface area contributed by atoms with Crippen LogP contribution in [-0.4, -0.2) is 54.9 Å². The minimum absolute atomic E-state index is 0.0580. The van der Waals surface area contributed by atoms with Crippen LogP contribution < -0.4 is 10.1 Å². The summed E-state index contributed by atoms with van der Waals surface area (Å²) in [6, 6.07) is 12.1. The Morgan fingerprint density at radius 1 is 1.17 bits per heavy atom. The third-order valence-electron chi connectivity index (χ3n) is 6.01. The summed E-state index contributed by atoms with van der Waals surface area (Å²) in [5.74, 6) is 1.73. The molecule has 154 valence electrons. The number of hydrogen-bond donors (Lipinski definition) is 1. The van der Waals surface area contributed by atoms with E-state index in [1.807, 2.05) is 34.5 Å². The molecule has 0 spiro atoms. The Balaban J connectivity index is 1.40. The highest BCUT2D eigenvalue weighted by atomic mass is 32.1. The van der Waals surface area contributed by atoms with E-state index in [0.29, 0.717) is 24.9 Å². The van der Waals surface area contributed by atoms with Crippen LogP contribution in [0.15, 0.2) is 41.8 Å². The van der Waals surface area contributed by atoms with Crippen molar-refractivity contribution >= 4 is 23.2 Å². The van der Waals surface area contributed by atoms with E-state index in [4.69, 9.17) is 4.74 Å². The number of nitrogens with one attached hydrogen (secondary N) is 1. The first-order chi connectivity index (χ1) is 14.0. The predicted molar refractivity (Wildman–Crippen MR) is 113 cm³/mol. The Morgan fingerprint density at radius 3 is 2.62 bits per heavy atom. The number of hydrogen-bond acceptors (Lipinski definition) is 5. The van der Waals surface area contributed by atoms with Gasteiger partial charge in [0.25, 0.3) is 0 Å². The maximum Gasteiger partial charge on any atom is 0.234 e. The van der Waals surface area contributed by atoms with E-state index in [2.05, 4.69) is 22.3 Å². The number of ether oxygens (including phenoxy) is 1. The van der Waals surface area contributed by atoms with E-state index in [1.54, 1.807) is 25.4 Å². The number of fused-ring (bicyclic) bond motifs is 1. The van der Waals surface area contributed by atoms with Gasteiger partial charge in [0.15, 0.2) is 0 Å². The number of amides is 2. The molecule has 2 amide bonds. The van der Waals surface area contributed by atoms with Gasteiger partial charge >= 0.3 is 0 Å². The Labute approximate surface area is 175 Å². The van der Waals surface area contributed by atoms with Crippen LogP contribution in [0.5, 0.6) is 5.75 Å². The van der Waals surface area contributed by atoms with Crippen molar-refractivity contribution in [3.63, 3.8) is 0 Å². The van der Waals surface area contributed by atoms with Crippen LogP contribution in [0.2, 0.25) is 0 Å². The zero-order valence-corrected chi connectivity index (χ0v) is 17.7. The van der Waals surface area contributed by atoms with Gasteiger partial charge in [0.2, 0.25) is 11.8 Å². The van der Waals surface area contributed by atoms with Gasteiger partial charge in [-0.15, -0.1) is 11.3 Å². The van der Waals surface area contributed by atoms with Crippen molar-refractivity contribution < 1.29 is 14.3 Å². The lowest BCUT2D eigenvalue weighted by atomic mass is 9.89. The van der Waals surface area contributed by atoms with Gasteiger partial charge in [-0.05, 0) is 35.1 Å². The summed E-state index contributed by atoms with van der Waals surface area (Å²) in [5.41, 5.74) is 1.14. The smallest absolute Gasteiger partial charge is 0.234 e. The molecule has 1 N–H and O–H groups in total. The normalized spacial score (nSPS) is 23.8. The van der Waals surface area contributed by atoms with Crippen LogP contribution in [0.1, 0.15) is 23.4 Å². The van der Waals surface area contributed by atoms with Crippen LogP contribution in [0.4, 0.5) is 0 Å². The van der Waals surface area contributed by atoms with Crippen LogP contribution in [-0.2, 0) is 16.1 Å². The van der Waals surface area contributed by atoms with Crippen molar-refractivity contribution in [1.29, 1.82) is 0 Å². The van der Waals surface area contributed by atoms with E-state index in [1.165, 1.54) is 0 Å². The lowest BCUT2D eigenvalue weighted by molar-refractivity contribution is -0.130. The topological polar surface area (TPSA) is 61.9 Å². The second-order valence-corrected chi connectivity index (χ2v) is 8.90. The van der Waals surface area contributed by atoms with Gasteiger partial charge in [-0.3, -0.25) is 14.5 Å². The zero-order valence-electron chi connectivity index (χ0n) is 16.8. The summed E-state index contributed by atoms with van der Waals surface area (Å²) in [5, 5.41) is 5.03. The first kappa shape index (κ1) is 19.9. The molecule has 2 saturated heterocycles. The zero-order chi connectivity index (χ0) is 20.4. The van der Waals surface area contributed by atoms with E-state index in [0.717, 1.165) is 35.8 Å². The van der Waals surface area contributed by atoms with E-state index < -0.39 is 0 Å². The van der Waals surface area contributed by atoms with Gasteiger partial charge in [-0.1, -0.05) is 18.2 Å². The highest BCUT2D eigenvalue weighted by Crippen LogP contribution is 2.45. The quantitative estimate of drug-likeness (QED) is 0.791. The molecule has 3 atom stereocenters. The number of carbonyl (C=O) groups excluding carboxylic acids is 2. The Morgan fingerprint density at radius 2 is 1.97 bits per heavy atom. The highest BCUT2D eigenvalue weighted by Gasteiger charge is 2.48. The Hall–Kier alpha value is -2.38. The molecule has 7 heteroatoms. The van der Waals surface area contributed by atoms with Crippen LogP contribution in [0, 0.1) is 11.8 Å². The highest BCUT2D eigenvalue weighted by molar-refractivity contribution is 7.09. The van der Waals surface area contributed by atoms with Crippen LogP contribution in [0.3, 0.4) is 0 Å². The van der Waals surface area contributed by atoms with Crippen molar-refractivity contribution in [3.05, 3.63) is 52.2 Å². The van der Waals surface area contributed by atoms with Crippen molar-refractivity contribution in [3.8, 4) is 5.75 Å². The number of likely N-dealkylation sites (tertiary alicyclic amines) is 2. The molecule has 1 aromatic carbocycles. The van der Waals surface area contributed by atoms with Crippen molar-refractivity contribution in [2.45, 2.75) is 19.5 Å². The molecule has 2 aliphatic rings. The van der Waals surface area contributed by atoms with E-state index >= 15 is 0 Å². The summed E-state index contributed by atoms with van der Waals surface area (Å²) in [6.07, 6.45) is 0. The number of benzene rings is 1. The monoisotopic (exact) mass is 413 g/mol. The van der Waals surface area contributed by atoms with Gasteiger partial charge < -0.3 is 15.0 Å². The van der Waals surface area contributed by atoms with Gasteiger partial charge in [0.05, 0.1) is 26.2 Å². The maximum atomic E-state index is 12.4. The fourth-order valence-electron chi connectivity index (χ4n) is 4.68. The average molecular weight is 414 g/mol. The molecule has 0 bridgehead atoms. The molecule has 29 heavy (non-hydrogen) atoms. The molecule has 0 unspecified atom stereocenters. The summed E-state index contributed by atoms with van der Waals surface area (Å²) >= 11 is 1.65. The number of carbonyl (C=O) groups is 2. The van der Waals surface area contributed by atoms with Gasteiger partial charge in [-0.2, -0.15) is 0 Å². The molecular formula is C22H27N3O3S. The molecule has 0 aliphatic carbocycles. The molecular weight excluding hydrogens is 386 g/mol. The Kier molecular flexibility index (Phi) is 5.87. The van der Waals surface area contributed by atoms with Crippen molar-refractivity contribution in [1.82, 2.24) is 15.1 Å². The van der Waals surface area contributed by atoms with Gasteiger partial charge in [0.1, 0.15) is 5.75 Å². The second-order valence-electron chi connectivity index (χ2n) is 7.86. The summed E-state index contributed by atoms with van der Waals surface area (Å²) in [7, 11) is 1.65. The minimum atomic E-state index is 0.0580. The molecule has 0 saturated carbocycles. The second kappa shape index (κ2) is 8.55. The first-order valence-corrected chi connectivity index (χ1v) is 10.9. The SMILES string of the molecule is COc1ccc([C@H]2[C@@H]3CN(CC(=O)NCc4cccs4)C[C@@H]3CN2C(C)=O)cc1. The molecule has 2 fully saturated rings. The molecule has 0 radical (unpaired) electrons. The Bertz CT molecular complexity index is 853. The number of thiophene rings is 1. The fourth-order valence-corrected chi connectivity index (χ4v) is 5.32. The average Bonchev–Trinajstić information content (AvgIpc) is 3.42. The summed E-state index contributed by atoms with van der Waals surface area (Å²) in [6.45, 7) is 5.08. The fraction of sp³-hybridized carbons (Fsp3) is 0.455. The van der Waals surface area contributed by atoms with Crippen LogP contribution >= 0.6 is 11.3 Å². The van der Waals surface area contributed by atoms with Gasteiger partial charge in [0, 0.05) is 37.4 Å². The first-order valence-electron chi connectivity index (χ1n) is 9.97. The number of methoxy groups -OCH3 is 1. The maximum absolute atomic E-state index is 12.4. The lowest BCUT2D eigenvalue weighted by Gasteiger charge is -2.29. The molecule has 6 nitrogen and oxygen atoms in total. The van der Waals surface area contributed by atoms with E-state index in [9.17, 15) is 9.59 Å². The number of nitrogens with zero attached hydrogens (tertiary/aromatic N) is 2. The molecule has 1 aromatic heterocycles. The number of rotatable bonds is 6. The van der Waals surface area contributed by atoms with Crippen LogP contribution in [0.25, 0.3) is 0 Å². The molecule has 2 aliphatic heterocycles. The van der Waals surface area contributed by atoms with E-state index in [-0.39, 0.29) is 17.9 Å². The van der Waals surface area contributed by atoms with Gasteiger partial charge in [-0.25, -0.2) is 0 Å².